The molecule has 0 saturated heterocycles. The van der Waals surface area contributed by atoms with Crippen molar-refractivity contribution in [1.29, 1.82) is 0 Å². The number of nitrogens with zero attached hydrogens (tertiary/aromatic N) is 13. The summed E-state index contributed by atoms with van der Waals surface area (Å²) in [5.74, 6) is 1.19. The molecule has 0 radical (unpaired) electrons. The summed E-state index contributed by atoms with van der Waals surface area (Å²) in [5, 5.41) is 28.0. The van der Waals surface area contributed by atoms with Crippen molar-refractivity contribution in [2.24, 2.45) is 38.2 Å². The van der Waals surface area contributed by atoms with Crippen LogP contribution < -0.4 is 11.5 Å². The lowest BCUT2D eigenvalue weighted by molar-refractivity contribution is 0.259. The maximum Gasteiger partial charge on any atom is 0.257 e. The molecule has 4 atom stereocenters. The van der Waals surface area contributed by atoms with E-state index in [2.05, 4.69) is 78.9 Å². The Bertz CT molecular complexity index is 3020. The first kappa shape index (κ1) is 66.3. The van der Waals surface area contributed by atoms with E-state index in [-0.39, 0.29) is 57.1 Å². The van der Waals surface area contributed by atoms with E-state index >= 15 is 0 Å². The van der Waals surface area contributed by atoms with Gasteiger partial charge in [-0.15, -0.1) is 10.2 Å². The molecule has 3 heterocycles. The van der Waals surface area contributed by atoms with E-state index in [1.165, 1.54) is 15.7 Å². The van der Waals surface area contributed by atoms with Gasteiger partial charge < -0.3 is 11.5 Å². The number of unbranched alkanes of at least 4 members (excludes halogenated alkanes) is 5. The third kappa shape index (κ3) is 17.5. The zero-order chi connectivity index (χ0) is 59.7. The molecule has 0 aliphatic carbocycles. The second-order valence-corrected chi connectivity index (χ2v) is 27.8. The number of hydrogen-bond donors (Lipinski definition) is 2. The van der Waals surface area contributed by atoms with E-state index in [0.29, 0.717) is 53.8 Å². The van der Waals surface area contributed by atoms with Gasteiger partial charge in [-0.3, -0.25) is 0 Å². The molecule has 81 heavy (non-hydrogen) atoms. The lowest BCUT2D eigenvalue weighted by Gasteiger charge is -2.32. The fourth-order valence-electron chi connectivity index (χ4n) is 9.91. The summed E-state index contributed by atoms with van der Waals surface area (Å²) in [4.78, 5) is 14.1. The first-order valence-corrected chi connectivity index (χ1v) is 32.8. The number of nitrogens with two attached hydrogens (primary N) is 2. The first-order valence-electron chi connectivity index (χ1n) is 29.9. The van der Waals surface area contributed by atoms with Crippen LogP contribution >= 0.6 is 0 Å². The monoisotopic (exact) mass is 1160 g/mol. The van der Waals surface area contributed by atoms with Crippen LogP contribution in [0.2, 0.25) is 0 Å². The third-order valence-electron chi connectivity index (χ3n) is 15.3. The Morgan fingerprint density at radius 2 is 0.901 bits per heavy atom. The zero-order valence-electron chi connectivity index (χ0n) is 51.4. The summed E-state index contributed by atoms with van der Waals surface area (Å²) >= 11 is 0. The maximum absolute atomic E-state index is 14.4. The molecule has 0 aliphatic rings. The van der Waals surface area contributed by atoms with Crippen LogP contribution in [0, 0.1) is 17.8 Å². The van der Waals surface area contributed by atoms with Gasteiger partial charge in [0.1, 0.15) is 6.33 Å². The molecule has 0 saturated carbocycles. The highest BCUT2D eigenvalue weighted by atomic mass is 32.2. The number of anilines is 2. The summed E-state index contributed by atoms with van der Waals surface area (Å²) in [6.07, 6.45) is 17.4. The lowest BCUT2D eigenvalue weighted by atomic mass is 9.91. The largest absolute Gasteiger partial charge is 0.382 e. The number of hydrogen-bond acceptors (Lipinski definition) is 15. The van der Waals surface area contributed by atoms with Crippen molar-refractivity contribution < 1.29 is 16.8 Å². The molecule has 0 amide bonds. The van der Waals surface area contributed by atoms with Crippen LogP contribution in [-0.4, -0.2) is 85.6 Å². The molecule has 4 unspecified atom stereocenters. The van der Waals surface area contributed by atoms with Crippen molar-refractivity contribution in [3.8, 4) is 11.9 Å². The maximum atomic E-state index is 14.4. The smallest absolute Gasteiger partial charge is 0.257 e. The van der Waals surface area contributed by atoms with Crippen LogP contribution in [0.5, 0.6) is 0 Å². The number of rotatable bonds is 33. The van der Waals surface area contributed by atoms with Crippen LogP contribution in [0.3, 0.4) is 0 Å². The number of nitrogen functional groups attached to an aromatic ring is 2. The van der Waals surface area contributed by atoms with Gasteiger partial charge in [0.25, 0.3) is 11.9 Å². The molecule has 21 heteroatoms. The third-order valence-corrected chi connectivity index (χ3v) is 19.1. The van der Waals surface area contributed by atoms with Gasteiger partial charge in [0.15, 0.2) is 23.0 Å². The van der Waals surface area contributed by atoms with Crippen molar-refractivity contribution >= 4 is 54.4 Å². The molecular formula is C60H97N15O4S2. The van der Waals surface area contributed by atoms with Gasteiger partial charge in [0, 0.05) is 36.5 Å². The highest BCUT2D eigenvalue weighted by Crippen LogP contribution is 2.40. The van der Waals surface area contributed by atoms with Crippen molar-refractivity contribution in [3.05, 3.63) is 66.2 Å². The average molecular weight is 1160 g/mol. The van der Waals surface area contributed by atoms with Crippen LogP contribution in [0.4, 0.5) is 34.4 Å². The predicted molar refractivity (Wildman–Crippen MR) is 328 cm³/mol. The lowest BCUT2D eigenvalue weighted by Crippen LogP contribution is -2.41. The topological polar surface area (TPSA) is 251 Å². The summed E-state index contributed by atoms with van der Waals surface area (Å²) in [5.41, 5.74) is 15.1. The highest BCUT2D eigenvalue weighted by Gasteiger charge is 2.34. The van der Waals surface area contributed by atoms with E-state index in [1.54, 1.807) is 57.1 Å². The highest BCUT2D eigenvalue weighted by molar-refractivity contribution is 7.89. The van der Waals surface area contributed by atoms with E-state index < -0.39 is 30.9 Å². The van der Waals surface area contributed by atoms with Crippen molar-refractivity contribution in [3.63, 3.8) is 0 Å². The normalized spacial score (nSPS) is 14.5. The molecule has 448 valence electrons. The van der Waals surface area contributed by atoms with Crippen LogP contribution in [0.15, 0.2) is 85.1 Å². The Morgan fingerprint density at radius 1 is 0.519 bits per heavy atom. The van der Waals surface area contributed by atoms with Crippen molar-refractivity contribution in [2.45, 2.75) is 226 Å². The second-order valence-electron chi connectivity index (χ2n) is 24.0. The van der Waals surface area contributed by atoms with Gasteiger partial charge in [-0.1, -0.05) is 167 Å². The molecule has 0 aliphatic heterocycles. The fraction of sp³-hybridized carbons (Fsp3) is 0.650. The van der Waals surface area contributed by atoms with E-state index in [0.717, 1.165) is 103 Å². The van der Waals surface area contributed by atoms with Gasteiger partial charge in [0.05, 0.1) is 32.6 Å². The van der Waals surface area contributed by atoms with Crippen LogP contribution in [0.1, 0.15) is 211 Å². The molecule has 4 N–H and O–H groups in total. The number of sulfonamides is 2. The molecule has 3 aromatic heterocycles. The molecule has 0 spiro atoms. The SMILES string of the molecule is CCCCCC(C)N(CC(CC)CCCC)S(=O)(=O)c1ccc(N=Nc2c(C(C)(C)C)nn(-c3ncnc(-n4nc(C(C)(C)C)c(N=Nc5ccc(S(=O)(=O)N(CC(CC)CCCC)CC(CC)CCCC)cc5)c4N)n3)c2N)cc1. The molecule has 5 rings (SSSR count). The molecule has 0 bridgehead atoms. The second kappa shape index (κ2) is 30.2. The molecule has 19 nitrogen and oxygen atoms in total. The van der Waals surface area contributed by atoms with Crippen LogP contribution in [0.25, 0.3) is 11.9 Å². The molecular weight excluding hydrogens is 1060 g/mol. The van der Waals surface area contributed by atoms with Gasteiger partial charge >= 0.3 is 0 Å². The first-order chi connectivity index (χ1) is 38.4. The Hall–Kier alpha value is -5.51. The summed E-state index contributed by atoms with van der Waals surface area (Å²) in [7, 11) is -7.62. The number of azo groups is 2. The number of aromatic nitrogens is 7. The Balaban J connectivity index is 1.44. The van der Waals surface area contributed by atoms with Gasteiger partial charge in [0.2, 0.25) is 20.0 Å². The van der Waals surface area contributed by atoms with E-state index in [4.69, 9.17) is 26.6 Å². The summed E-state index contributed by atoms with van der Waals surface area (Å²) in [6, 6.07) is 12.9. The minimum atomic E-state index is -3.81. The zero-order valence-corrected chi connectivity index (χ0v) is 53.0. The Labute approximate surface area is 485 Å². The summed E-state index contributed by atoms with van der Waals surface area (Å²) in [6.45, 7) is 30.5. The van der Waals surface area contributed by atoms with Crippen LogP contribution in [-0.2, 0) is 30.9 Å². The quantitative estimate of drug-likeness (QED) is 0.0295. The van der Waals surface area contributed by atoms with Gasteiger partial charge in [-0.25, -0.2) is 16.8 Å². The fourth-order valence-corrected chi connectivity index (χ4v) is 13.2. The van der Waals surface area contributed by atoms with Gasteiger partial charge in [-0.2, -0.15) is 53.4 Å². The number of benzene rings is 2. The molecule has 5 aromatic rings. The van der Waals surface area contributed by atoms with E-state index in [9.17, 15) is 16.8 Å². The molecule has 2 aromatic carbocycles. The molecule has 0 fully saturated rings. The minimum Gasteiger partial charge on any atom is -0.382 e. The predicted octanol–water partition coefficient (Wildman–Crippen LogP) is 15.4. The Kier molecular flexibility index (Phi) is 24.7. The Morgan fingerprint density at radius 3 is 1.27 bits per heavy atom. The van der Waals surface area contributed by atoms with Gasteiger partial charge in [-0.05, 0) is 98.9 Å². The average Bonchev–Trinajstić information content (AvgIpc) is 4.18. The minimum absolute atomic E-state index is 0.0637. The van der Waals surface area contributed by atoms with E-state index in [1.807, 2.05) is 48.5 Å². The standard InChI is InChI=1S/C60H97N15O4S2/c1-15-22-26-27-43(8)73(41-46(21-7)30-25-18-4)81(78,79)50-37-33-48(34-38-50)67-69-52-54(60(12,13)14)71-75(56(52)62)58-64-42-63-57(65-58)74-55(61)51(53(70-74)59(9,10)11)68-66-47-31-35-49(36-32-47)80(76,77)72(39-44(19-5)28-23-16-2)40-45(20-6)29-24-17-3/h31-38,42-46H,15-30,39-41,61-62H2,1-14H3. The van der Waals surface area contributed by atoms with Crippen molar-refractivity contribution in [1.82, 2.24) is 43.1 Å². The summed E-state index contributed by atoms with van der Waals surface area (Å²) < 4.78 is 63.8. The van der Waals surface area contributed by atoms with Crippen molar-refractivity contribution in [2.75, 3.05) is 31.1 Å².